The van der Waals surface area contributed by atoms with Gasteiger partial charge in [0.15, 0.2) is 6.61 Å². The van der Waals surface area contributed by atoms with Crippen LogP contribution in [0.1, 0.15) is 23.7 Å². The van der Waals surface area contributed by atoms with Crippen molar-refractivity contribution < 1.29 is 19.1 Å². The number of halogens is 1. The van der Waals surface area contributed by atoms with E-state index in [-0.39, 0.29) is 11.3 Å². The van der Waals surface area contributed by atoms with Crippen LogP contribution in [0.5, 0.6) is 0 Å². The molecule has 1 aromatic rings. The van der Waals surface area contributed by atoms with Crippen LogP contribution in [-0.4, -0.2) is 31.1 Å². The van der Waals surface area contributed by atoms with E-state index in [9.17, 15) is 14.4 Å². The van der Waals surface area contributed by atoms with Gasteiger partial charge in [-0.15, -0.1) is 0 Å². The smallest absolute Gasteiger partial charge is 0.340 e. The van der Waals surface area contributed by atoms with Crippen LogP contribution >= 0.6 is 11.6 Å². The van der Waals surface area contributed by atoms with Crippen LogP contribution in [0.3, 0.4) is 0 Å². The highest BCUT2D eigenvalue weighted by Crippen LogP contribution is 2.18. The summed E-state index contributed by atoms with van der Waals surface area (Å²) in [5, 5.41) is 4.86. The minimum Gasteiger partial charge on any atom is -0.452 e. The molecule has 0 aliphatic carbocycles. The number of carbonyl (C=O) groups is 3. The van der Waals surface area contributed by atoms with Gasteiger partial charge in [-0.25, -0.2) is 9.59 Å². The Morgan fingerprint density at radius 2 is 2.05 bits per heavy atom. The third-order valence-corrected chi connectivity index (χ3v) is 2.59. The van der Waals surface area contributed by atoms with E-state index < -0.39 is 24.5 Å². The largest absolute Gasteiger partial charge is 0.452 e. The van der Waals surface area contributed by atoms with Crippen LogP contribution < -0.4 is 16.4 Å². The Kier molecular flexibility index (Phi) is 6.48. The summed E-state index contributed by atoms with van der Waals surface area (Å²) < 4.78 is 4.76. The lowest BCUT2D eigenvalue weighted by Crippen LogP contribution is -2.41. The van der Waals surface area contributed by atoms with Crippen LogP contribution in [-0.2, 0) is 9.53 Å². The van der Waals surface area contributed by atoms with Crippen molar-refractivity contribution in [1.29, 1.82) is 0 Å². The summed E-state index contributed by atoms with van der Waals surface area (Å²) in [5.74, 6) is -1.50. The first-order chi connectivity index (χ1) is 9.93. The van der Waals surface area contributed by atoms with Crippen LogP contribution in [0.4, 0.5) is 10.5 Å². The van der Waals surface area contributed by atoms with Gasteiger partial charge in [-0.2, -0.15) is 0 Å². The third-order valence-electron chi connectivity index (χ3n) is 2.36. The van der Waals surface area contributed by atoms with E-state index in [1.807, 2.05) is 12.2 Å². The Morgan fingerprint density at radius 3 is 2.67 bits per heavy atom. The number of imide groups is 1. The fourth-order valence-corrected chi connectivity index (χ4v) is 1.55. The Morgan fingerprint density at radius 1 is 1.33 bits per heavy atom. The van der Waals surface area contributed by atoms with Crippen molar-refractivity contribution in [2.75, 3.05) is 18.9 Å². The number of ether oxygens (including phenoxy) is 1. The van der Waals surface area contributed by atoms with Crippen molar-refractivity contribution in [2.24, 2.45) is 0 Å². The minimum atomic E-state index is -0.770. The quantitative estimate of drug-likeness (QED) is 0.561. The fourth-order valence-electron chi connectivity index (χ4n) is 1.37. The van der Waals surface area contributed by atoms with Gasteiger partial charge in [-0.3, -0.25) is 10.1 Å². The summed E-state index contributed by atoms with van der Waals surface area (Å²) in [4.78, 5) is 34.3. The summed E-state index contributed by atoms with van der Waals surface area (Å²) in [6.45, 7) is 1.74. The molecule has 21 heavy (non-hydrogen) atoms. The first-order valence-corrected chi connectivity index (χ1v) is 6.61. The molecule has 0 saturated carbocycles. The molecule has 0 aromatic heterocycles. The van der Waals surface area contributed by atoms with E-state index in [1.165, 1.54) is 18.2 Å². The molecule has 1 rings (SSSR count). The number of rotatable bonds is 5. The van der Waals surface area contributed by atoms with Crippen molar-refractivity contribution in [3.05, 3.63) is 28.8 Å². The van der Waals surface area contributed by atoms with E-state index in [2.05, 4.69) is 5.32 Å². The number of esters is 1. The SMILES string of the molecule is CCCNC(=O)NC(=O)COC(=O)c1ccc(Cl)cc1N. The van der Waals surface area contributed by atoms with Gasteiger partial charge >= 0.3 is 12.0 Å². The molecule has 0 spiro atoms. The molecule has 3 amide bonds. The molecule has 0 aliphatic rings. The molecule has 0 aliphatic heterocycles. The number of hydrogen-bond acceptors (Lipinski definition) is 5. The zero-order chi connectivity index (χ0) is 15.8. The molecule has 0 fully saturated rings. The maximum absolute atomic E-state index is 11.7. The van der Waals surface area contributed by atoms with Gasteiger partial charge in [0.05, 0.1) is 5.56 Å². The summed E-state index contributed by atoms with van der Waals surface area (Å²) in [6.07, 6.45) is 0.743. The van der Waals surface area contributed by atoms with E-state index in [0.717, 1.165) is 6.42 Å². The molecule has 114 valence electrons. The van der Waals surface area contributed by atoms with Gasteiger partial charge in [-0.1, -0.05) is 18.5 Å². The molecule has 0 unspecified atom stereocenters. The van der Waals surface area contributed by atoms with Crippen LogP contribution in [0.15, 0.2) is 18.2 Å². The predicted molar refractivity (Wildman–Crippen MR) is 78.0 cm³/mol. The molecule has 0 atom stereocenters. The molecule has 1 aromatic carbocycles. The molecular formula is C13H16ClN3O4. The van der Waals surface area contributed by atoms with Gasteiger partial charge in [0.1, 0.15) is 0 Å². The maximum Gasteiger partial charge on any atom is 0.340 e. The highest BCUT2D eigenvalue weighted by Gasteiger charge is 2.14. The predicted octanol–water partition coefficient (Wildman–Crippen LogP) is 1.31. The van der Waals surface area contributed by atoms with E-state index in [1.54, 1.807) is 0 Å². The molecule has 0 radical (unpaired) electrons. The van der Waals surface area contributed by atoms with Gasteiger partial charge in [0.2, 0.25) is 0 Å². The molecule has 7 nitrogen and oxygen atoms in total. The Hall–Kier alpha value is -2.28. The van der Waals surface area contributed by atoms with Gasteiger partial charge in [-0.05, 0) is 24.6 Å². The van der Waals surface area contributed by atoms with Gasteiger partial charge in [0, 0.05) is 17.3 Å². The number of urea groups is 1. The van der Waals surface area contributed by atoms with Crippen molar-refractivity contribution >= 4 is 35.2 Å². The molecule has 8 heteroatoms. The number of nitrogen functional groups attached to an aromatic ring is 1. The first kappa shape index (κ1) is 16.8. The zero-order valence-corrected chi connectivity index (χ0v) is 12.2. The first-order valence-electron chi connectivity index (χ1n) is 6.24. The molecule has 0 heterocycles. The van der Waals surface area contributed by atoms with Gasteiger partial charge in [0.25, 0.3) is 5.91 Å². The Labute approximate surface area is 126 Å². The summed E-state index contributed by atoms with van der Waals surface area (Å²) in [6, 6.07) is 3.64. The standard InChI is InChI=1S/C13H16ClN3O4/c1-2-5-16-13(20)17-11(18)7-21-12(19)9-4-3-8(14)6-10(9)15/h3-4,6H,2,5,7,15H2,1H3,(H2,16,17,18,20). The van der Waals surface area contributed by atoms with Crippen molar-refractivity contribution in [1.82, 2.24) is 10.6 Å². The Balaban J connectivity index is 2.45. The van der Waals surface area contributed by atoms with Crippen molar-refractivity contribution in [3.8, 4) is 0 Å². The normalized spacial score (nSPS) is 9.81. The molecular weight excluding hydrogens is 298 g/mol. The summed E-state index contributed by atoms with van der Waals surface area (Å²) >= 11 is 5.71. The minimum absolute atomic E-state index is 0.0997. The lowest BCUT2D eigenvalue weighted by atomic mass is 10.2. The number of carbonyl (C=O) groups excluding carboxylic acids is 3. The number of nitrogens with one attached hydrogen (secondary N) is 2. The highest BCUT2D eigenvalue weighted by molar-refractivity contribution is 6.31. The van der Waals surface area contributed by atoms with Crippen molar-refractivity contribution in [2.45, 2.75) is 13.3 Å². The number of amides is 3. The molecule has 0 bridgehead atoms. The van der Waals surface area contributed by atoms with E-state index >= 15 is 0 Å². The maximum atomic E-state index is 11.7. The monoisotopic (exact) mass is 313 g/mol. The fraction of sp³-hybridized carbons (Fsp3) is 0.308. The molecule has 4 N–H and O–H groups in total. The second kappa shape index (κ2) is 8.11. The second-order valence-corrected chi connectivity index (χ2v) is 4.55. The third kappa shape index (κ3) is 5.70. The highest BCUT2D eigenvalue weighted by atomic mass is 35.5. The topological polar surface area (TPSA) is 111 Å². The number of hydrogen-bond donors (Lipinski definition) is 3. The summed E-state index contributed by atoms with van der Waals surface area (Å²) in [5.41, 5.74) is 5.86. The molecule has 0 saturated heterocycles. The zero-order valence-electron chi connectivity index (χ0n) is 11.4. The van der Waals surface area contributed by atoms with E-state index in [0.29, 0.717) is 11.6 Å². The summed E-state index contributed by atoms with van der Waals surface area (Å²) in [7, 11) is 0. The number of anilines is 1. The van der Waals surface area contributed by atoms with Crippen molar-refractivity contribution in [3.63, 3.8) is 0 Å². The number of nitrogens with two attached hydrogens (primary N) is 1. The van der Waals surface area contributed by atoms with Crippen LogP contribution in [0.2, 0.25) is 5.02 Å². The van der Waals surface area contributed by atoms with Crippen LogP contribution in [0, 0.1) is 0 Å². The number of benzene rings is 1. The second-order valence-electron chi connectivity index (χ2n) is 4.11. The van der Waals surface area contributed by atoms with E-state index in [4.69, 9.17) is 22.1 Å². The lowest BCUT2D eigenvalue weighted by Gasteiger charge is -2.08. The Bertz CT molecular complexity index is 548. The lowest BCUT2D eigenvalue weighted by molar-refractivity contribution is -0.123. The average molecular weight is 314 g/mol. The average Bonchev–Trinajstić information content (AvgIpc) is 2.42. The van der Waals surface area contributed by atoms with Gasteiger partial charge < -0.3 is 15.8 Å². The van der Waals surface area contributed by atoms with Crippen LogP contribution in [0.25, 0.3) is 0 Å².